The number of rotatable bonds is 4. The number of halogens is 1. The van der Waals surface area contributed by atoms with Crippen molar-refractivity contribution in [3.05, 3.63) is 59.1 Å². The van der Waals surface area contributed by atoms with Gasteiger partial charge in [0.05, 0.1) is 5.56 Å². The van der Waals surface area contributed by atoms with Gasteiger partial charge in [-0.25, -0.2) is 13.2 Å². The third-order valence-corrected chi connectivity index (χ3v) is 4.19. The summed E-state index contributed by atoms with van der Waals surface area (Å²) in [6.07, 6.45) is 0. The molecule has 0 fully saturated rings. The predicted octanol–water partition coefficient (Wildman–Crippen LogP) is 2.84. The second-order valence-corrected chi connectivity index (χ2v) is 6.00. The van der Waals surface area contributed by atoms with Gasteiger partial charge in [-0.2, -0.15) is 0 Å². The van der Waals surface area contributed by atoms with Crippen molar-refractivity contribution in [2.45, 2.75) is 4.90 Å². The van der Waals surface area contributed by atoms with Crippen LogP contribution in [0.5, 0.6) is 0 Å². The molecule has 20 heavy (non-hydrogen) atoms. The number of nitrogens with one attached hydrogen (secondary N) is 1. The van der Waals surface area contributed by atoms with Crippen molar-refractivity contribution in [2.75, 3.05) is 4.72 Å². The Hall–Kier alpha value is -2.05. The normalized spacial score (nSPS) is 11.1. The Balaban J connectivity index is 2.41. The predicted molar refractivity (Wildman–Crippen MR) is 75.7 cm³/mol. The maximum atomic E-state index is 12.2. The highest BCUT2D eigenvalue weighted by Gasteiger charge is 2.21. The van der Waals surface area contributed by atoms with E-state index in [1.165, 1.54) is 48.5 Å². The van der Waals surface area contributed by atoms with E-state index in [4.69, 9.17) is 16.7 Å². The molecular formula is C13H10ClNO4S. The maximum Gasteiger partial charge on any atom is 0.337 e. The Morgan fingerprint density at radius 3 is 2.25 bits per heavy atom. The Morgan fingerprint density at radius 2 is 1.65 bits per heavy atom. The molecule has 2 aromatic rings. The maximum absolute atomic E-state index is 12.2. The highest BCUT2D eigenvalue weighted by molar-refractivity contribution is 7.92. The second-order valence-electron chi connectivity index (χ2n) is 3.91. The summed E-state index contributed by atoms with van der Waals surface area (Å²) < 4.78 is 26.7. The molecule has 0 bridgehead atoms. The van der Waals surface area contributed by atoms with Gasteiger partial charge in [-0.1, -0.05) is 23.7 Å². The molecule has 0 aliphatic heterocycles. The van der Waals surface area contributed by atoms with Crippen LogP contribution in [0.4, 0.5) is 5.69 Å². The Morgan fingerprint density at radius 1 is 1.05 bits per heavy atom. The number of carboxylic acid groups (broad SMARTS) is 1. The van der Waals surface area contributed by atoms with Gasteiger partial charge in [0.15, 0.2) is 0 Å². The first-order chi connectivity index (χ1) is 9.40. The first kappa shape index (κ1) is 14.4. The summed E-state index contributed by atoms with van der Waals surface area (Å²) in [6, 6.07) is 11.4. The SMILES string of the molecule is O=C(O)c1ccccc1S(=O)(=O)Nc1ccc(Cl)cc1. The van der Waals surface area contributed by atoms with E-state index < -0.39 is 16.0 Å². The van der Waals surface area contributed by atoms with Crippen LogP contribution < -0.4 is 4.72 Å². The minimum Gasteiger partial charge on any atom is -0.478 e. The second kappa shape index (κ2) is 5.52. The van der Waals surface area contributed by atoms with Crippen LogP contribution in [0.15, 0.2) is 53.4 Å². The molecule has 5 nitrogen and oxygen atoms in total. The highest BCUT2D eigenvalue weighted by atomic mass is 35.5. The van der Waals surface area contributed by atoms with Crippen LogP contribution in [-0.4, -0.2) is 19.5 Å². The molecule has 2 aromatic carbocycles. The van der Waals surface area contributed by atoms with Gasteiger partial charge in [0, 0.05) is 10.7 Å². The van der Waals surface area contributed by atoms with Gasteiger partial charge in [-0.3, -0.25) is 4.72 Å². The summed E-state index contributed by atoms with van der Waals surface area (Å²) >= 11 is 5.71. The van der Waals surface area contributed by atoms with Crippen molar-refractivity contribution in [3.63, 3.8) is 0 Å². The largest absolute Gasteiger partial charge is 0.478 e. The summed E-state index contributed by atoms with van der Waals surface area (Å²) in [6.45, 7) is 0. The number of sulfonamides is 1. The van der Waals surface area contributed by atoms with Crippen LogP contribution in [-0.2, 0) is 10.0 Å². The molecule has 104 valence electrons. The van der Waals surface area contributed by atoms with Crippen molar-refractivity contribution >= 4 is 33.3 Å². The van der Waals surface area contributed by atoms with E-state index in [0.717, 1.165) is 0 Å². The van der Waals surface area contributed by atoms with Crippen molar-refractivity contribution in [2.24, 2.45) is 0 Å². The molecule has 0 radical (unpaired) electrons. The standard InChI is InChI=1S/C13H10ClNO4S/c14-9-5-7-10(8-6-9)15-20(18,19)12-4-2-1-3-11(12)13(16)17/h1-8,15H,(H,16,17). The van der Waals surface area contributed by atoms with Crippen molar-refractivity contribution < 1.29 is 18.3 Å². The van der Waals surface area contributed by atoms with E-state index >= 15 is 0 Å². The molecule has 0 saturated heterocycles. The van der Waals surface area contributed by atoms with Gasteiger partial charge in [0.25, 0.3) is 10.0 Å². The van der Waals surface area contributed by atoms with Crippen molar-refractivity contribution in [1.82, 2.24) is 0 Å². The van der Waals surface area contributed by atoms with E-state index in [-0.39, 0.29) is 10.5 Å². The molecule has 7 heteroatoms. The van der Waals surface area contributed by atoms with E-state index in [0.29, 0.717) is 10.7 Å². The number of hydrogen-bond donors (Lipinski definition) is 2. The quantitative estimate of drug-likeness (QED) is 0.909. The zero-order valence-electron chi connectivity index (χ0n) is 10.1. The van der Waals surface area contributed by atoms with Crippen molar-refractivity contribution in [1.29, 1.82) is 0 Å². The Labute approximate surface area is 120 Å². The lowest BCUT2D eigenvalue weighted by Crippen LogP contribution is -2.16. The summed E-state index contributed by atoms with van der Waals surface area (Å²) in [7, 11) is -3.98. The lowest BCUT2D eigenvalue weighted by molar-refractivity contribution is 0.0692. The van der Waals surface area contributed by atoms with Crippen molar-refractivity contribution in [3.8, 4) is 0 Å². The van der Waals surface area contributed by atoms with Crippen LogP contribution in [0.25, 0.3) is 0 Å². The highest BCUT2D eigenvalue weighted by Crippen LogP contribution is 2.21. The summed E-state index contributed by atoms with van der Waals surface area (Å²) in [4.78, 5) is 10.8. The lowest BCUT2D eigenvalue weighted by atomic mass is 10.2. The van der Waals surface area contributed by atoms with Crippen LogP contribution in [0.1, 0.15) is 10.4 Å². The summed E-state index contributed by atoms with van der Waals surface area (Å²) in [5.41, 5.74) is 0.0172. The van der Waals surface area contributed by atoms with Crippen LogP contribution in [0, 0.1) is 0 Å². The number of hydrogen-bond acceptors (Lipinski definition) is 3. The Bertz CT molecular complexity index is 741. The third-order valence-electron chi connectivity index (χ3n) is 2.50. The van der Waals surface area contributed by atoms with E-state index in [9.17, 15) is 13.2 Å². The summed E-state index contributed by atoms with van der Waals surface area (Å²) in [5, 5.41) is 9.49. The fraction of sp³-hybridized carbons (Fsp3) is 0. The minimum absolute atomic E-state index is 0.283. The first-order valence-electron chi connectivity index (χ1n) is 5.51. The molecule has 0 atom stereocenters. The average molecular weight is 312 g/mol. The van der Waals surface area contributed by atoms with Crippen LogP contribution in [0.3, 0.4) is 0 Å². The molecule has 0 unspecified atom stereocenters. The van der Waals surface area contributed by atoms with E-state index in [1.807, 2.05) is 0 Å². The van der Waals surface area contributed by atoms with Gasteiger partial charge >= 0.3 is 5.97 Å². The molecule has 0 aliphatic rings. The van der Waals surface area contributed by atoms with Gasteiger partial charge in [-0.05, 0) is 36.4 Å². The molecule has 2 rings (SSSR count). The van der Waals surface area contributed by atoms with Gasteiger partial charge < -0.3 is 5.11 Å². The molecule has 2 N–H and O–H groups in total. The number of carboxylic acids is 1. The van der Waals surface area contributed by atoms with Crippen LogP contribution in [0.2, 0.25) is 5.02 Å². The first-order valence-corrected chi connectivity index (χ1v) is 7.37. The zero-order valence-corrected chi connectivity index (χ0v) is 11.6. The van der Waals surface area contributed by atoms with Gasteiger partial charge in [0.2, 0.25) is 0 Å². The molecule has 0 aliphatic carbocycles. The molecule has 0 heterocycles. The van der Waals surface area contributed by atoms with Crippen LogP contribution >= 0.6 is 11.6 Å². The molecule has 0 spiro atoms. The zero-order chi connectivity index (χ0) is 14.8. The van der Waals surface area contributed by atoms with E-state index in [2.05, 4.69) is 4.72 Å². The fourth-order valence-corrected chi connectivity index (χ4v) is 2.99. The van der Waals surface area contributed by atoms with Gasteiger partial charge in [0.1, 0.15) is 4.90 Å². The van der Waals surface area contributed by atoms with Gasteiger partial charge in [-0.15, -0.1) is 0 Å². The third kappa shape index (κ3) is 3.09. The number of aromatic carboxylic acids is 1. The molecular weight excluding hydrogens is 302 g/mol. The minimum atomic E-state index is -3.98. The fourth-order valence-electron chi connectivity index (χ4n) is 1.61. The smallest absolute Gasteiger partial charge is 0.337 e. The van der Waals surface area contributed by atoms with E-state index in [1.54, 1.807) is 0 Å². The average Bonchev–Trinajstić information content (AvgIpc) is 2.41. The number of carbonyl (C=O) groups is 1. The molecule has 0 amide bonds. The topological polar surface area (TPSA) is 83.5 Å². The lowest BCUT2D eigenvalue weighted by Gasteiger charge is -2.10. The summed E-state index contributed by atoms with van der Waals surface area (Å²) in [5.74, 6) is -1.30. The number of anilines is 1. The monoisotopic (exact) mass is 311 g/mol. The molecule has 0 aromatic heterocycles. The Kier molecular flexibility index (Phi) is 3.96. The number of benzene rings is 2. The molecule has 0 saturated carbocycles.